The first-order valence-corrected chi connectivity index (χ1v) is 6.31. The van der Waals surface area contributed by atoms with E-state index in [9.17, 15) is 9.90 Å². The number of para-hydroxylation sites is 1. The van der Waals surface area contributed by atoms with Gasteiger partial charge in [0.1, 0.15) is 0 Å². The zero-order valence-electron chi connectivity index (χ0n) is 11.1. The molecule has 0 fully saturated rings. The maximum atomic E-state index is 12.2. The van der Waals surface area contributed by atoms with Gasteiger partial charge < -0.3 is 14.4 Å². The lowest BCUT2D eigenvalue weighted by Gasteiger charge is -2.24. The van der Waals surface area contributed by atoms with Crippen molar-refractivity contribution in [2.24, 2.45) is 0 Å². The second-order valence-electron chi connectivity index (χ2n) is 5.24. The number of amides is 1. The summed E-state index contributed by atoms with van der Waals surface area (Å²) < 4.78 is 5.49. The lowest BCUT2D eigenvalue weighted by Crippen LogP contribution is -2.39. The van der Waals surface area contributed by atoms with Crippen LogP contribution in [0.2, 0.25) is 5.02 Å². The number of furan rings is 1. The number of rotatable bonds is 3. The van der Waals surface area contributed by atoms with Gasteiger partial charge in [-0.3, -0.25) is 4.79 Å². The Morgan fingerprint density at radius 1 is 1.47 bits per heavy atom. The maximum absolute atomic E-state index is 12.2. The Labute approximate surface area is 116 Å². The van der Waals surface area contributed by atoms with Gasteiger partial charge in [-0.25, -0.2) is 0 Å². The van der Waals surface area contributed by atoms with Crippen LogP contribution < -0.4 is 0 Å². The molecule has 0 saturated heterocycles. The molecule has 0 saturated carbocycles. The van der Waals surface area contributed by atoms with E-state index < -0.39 is 5.60 Å². The summed E-state index contributed by atoms with van der Waals surface area (Å²) in [7, 11) is 1.62. The number of hydrogen-bond acceptors (Lipinski definition) is 3. The fraction of sp³-hybridized carbons (Fsp3) is 0.357. The van der Waals surface area contributed by atoms with Gasteiger partial charge in [-0.1, -0.05) is 23.7 Å². The van der Waals surface area contributed by atoms with Crippen LogP contribution in [0.3, 0.4) is 0 Å². The number of aliphatic hydroxyl groups is 1. The van der Waals surface area contributed by atoms with Gasteiger partial charge in [0.2, 0.25) is 0 Å². The van der Waals surface area contributed by atoms with Gasteiger partial charge in [-0.05, 0) is 26.0 Å². The number of carbonyl (C=O) groups is 1. The lowest BCUT2D eigenvalue weighted by molar-refractivity contribution is 0.0353. The predicted octanol–water partition coefficient (Wildman–Crippen LogP) is 2.93. The minimum absolute atomic E-state index is 0.217. The summed E-state index contributed by atoms with van der Waals surface area (Å²) in [5.41, 5.74) is -0.446. The number of benzene rings is 1. The molecule has 1 aromatic heterocycles. The summed E-state index contributed by atoms with van der Waals surface area (Å²) in [4.78, 5) is 13.6. The van der Waals surface area contributed by atoms with Crippen molar-refractivity contribution in [1.29, 1.82) is 0 Å². The zero-order chi connectivity index (χ0) is 14.2. The van der Waals surface area contributed by atoms with Crippen molar-refractivity contribution < 1.29 is 14.3 Å². The number of likely N-dealkylation sites (N-methyl/N-ethyl adjacent to an activating group) is 1. The Kier molecular flexibility index (Phi) is 3.56. The normalized spacial score (nSPS) is 11.8. The number of fused-ring (bicyclic) bond motifs is 1. The molecule has 0 aliphatic rings. The molecule has 19 heavy (non-hydrogen) atoms. The minimum Gasteiger partial charge on any atom is -0.449 e. The monoisotopic (exact) mass is 281 g/mol. The average Bonchev–Trinajstić information content (AvgIpc) is 2.71. The van der Waals surface area contributed by atoms with E-state index in [0.29, 0.717) is 10.6 Å². The molecule has 4 nitrogen and oxygen atoms in total. The topological polar surface area (TPSA) is 53.7 Å². The SMILES string of the molecule is CN(CC(C)(C)O)C(=O)c1cc2cccc(Cl)c2o1. The third-order valence-electron chi connectivity index (χ3n) is 2.68. The molecule has 1 aromatic carbocycles. The first kappa shape index (κ1) is 13.9. The molecule has 102 valence electrons. The van der Waals surface area contributed by atoms with Crippen LogP contribution >= 0.6 is 11.6 Å². The molecule has 2 rings (SSSR count). The first-order chi connectivity index (χ1) is 8.78. The van der Waals surface area contributed by atoms with Gasteiger partial charge in [0, 0.05) is 19.0 Å². The Balaban J connectivity index is 2.29. The van der Waals surface area contributed by atoms with Crippen LogP contribution in [0, 0.1) is 0 Å². The Bertz CT molecular complexity index is 613. The van der Waals surface area contributed by atoms with Crippen molar-refractivity contribution >= 4 is 28.5 Å². The number of hydrogen-bond donors (Lipinski definition) is 1. The van der Waals surface area contributed by atoms with Crippen LogP contribution in [0.15, 0.2) is 28.7 Å². The smallest absolute Gasteiger partial charge is 0.289 e. The fourth-order valence-corrected chi connectivity index (χ4v) is 2.19. The highest BCUT2D eigenvalue weighted by atomic mass is 35.5. The molecular formula is C14H16ClNO3. The Hall–Kier alpha value is -1.52. The summed E-state index contributed by atoms with van der Waals surface area (Å²) in [6.07, 6.45) is 0. The Morgan fingerprint density at radius 3 is 2.74 bits per heavy atom. The molecule has 0 radical (unpaired) electrons. The maximum Gasteiger partial charge on any atom is 0.289 e. The van der Waals surface area contributed by atoms with E-state index in [-0.39, 0.29) is 18.2 Å². The molecule has 0 aliphatic heterocycles. The van der Waals surface area contributed by atoms with Crippen LogP contribution in [-0.2, 0) is 0 Å². The van der Waals surface area contributed by atoms with Crippen molar-refractivity contribution in [2.45, 2.75) is 19.4 Å². The van der Waals surface area contributed by atoms with Gasteiger partial charge in [-0.15, -0.1) is 0 Å². The van der Waals surface area contributed by atoms with E-state index in [2.05, 4.69) is 0 Å². The highest BCUT2D eigenvalue weighted by Crippen LogP contribution is 2.27. The molecule has 0 spiro atoms. The minimum atomic E-state index is -0.950. The van der Waals surface area contributed by atoms with Gasteiger partial charge in [0.25, 0.3) is 5.91 Å². The first-order valence-electron chi connectivity index (χ1n) is 5.94. The van der Waals surface area contributed by atoms with E-state index in [1.165, 1.54) is 4.90 Å². The van der Waals surface area contributed by atoms with Gasteiger partial charge in [0.05, 0.1) is 10.6 Å². The average molecular weight is 282 g/mol. The number of carbonyl (C=O) groups excluding carboxylic acids is 1. The molecule has 1 amide bonds. The van der Waals surface area contributed by atoms with E-state index in [1.54, 1.807) is 39.1 Å². The summed E-state index contributed by atoms with van der Waals surface area (Å²) >= 11 is 6.00. The second-order valence-corrected chi connectivity index (χ2v) is 5.65. The second kappa shape index (κ2) is 4.87. The largest absolute Gasteiger partial charge is 0.449 e. The van der Waals surface area contributed by atoms with Gasteiger partial charge >= 0.3 is 0 Å². The highest BCUT2D eigenvalue weighted by Gasteiger charge is 2.23. The van der Waals surface area contributed by atoms with Crippen molar-refractivity contribution in [3.63, 3.8) is 0 Å². The summed E-state index contributed by atoms with van der Waals surface area (Å²) in [5.74, 6) is -0.0655. The molecule has 2 aromatic rings. The predicted molar refractivity (Wildman–Crippen MR) is 74.5 cm³/mol. The van der Waals surface area contributed by atoms with Crippen LogP contribution in [0.1, 0.15) is 24.4 Å². The van der Waals surface area contributed by atoms with Gasteiger partial charge in [0.15, 0.2) is 11.3 Å². The lowest BCUT2D eigenvalue weighted by atomic mass is 10.1. The Morgan fingerprint density at radius 2 is 2.16 bits per heavy atom. The number of nitrogens with zero attached hydrogens (tertiary/aromatic N) is 1. The van der Waals surface area contributed by atoms with Crippen LogP contribution in [0.25, 0.3) is 11.0 Å². The molecule has 5 heteroatoms. The standard InChI is InChI=1S/C14H16ClNO3/c1-14(2,18)8-16(3)13(17)11-7-9-5-4-6-10(15)12(9)19-11/h4-7,18H,8H2,1-3H3. The van der Waals surface area contributed by atoms with Crippen molar-refractivity contribution in [3.05, 3.63) is 35.0 Å². The van der Waals surface area contributed by atoms with E-state index in [1.807, 2.05) is 6.07 Å². The van der Waals surface area contributed by atoms with E-state index >= 15 is 0 Å². The highest BCUT2D eigenvalue weighted by molar-refractivity contribution is 6.34. The van der Waals surface area contributed by atoms with Crippen LogP contribution in [0.5, 0.6) is 0 Å². The van der Waals surface area contributed by atoms with E-state index in [0.717, 1.165) is 5.39 Å². The van der Waals surface area contributed by atoms with Crippen molar-refractivity contribution in [3.8, 4) is 0 Å². The fourth-order valence-electron chi connectivity index (χ4n) is 1.97. The molecule has 0 bridgehead atoms. The third-order valence-corrected chi connectivity index (χ3v) is 2.98. The molecular weight excluding hydrogens is 266 g/mol. The van der Waals surface area contributed by atoms with E-state index in [4.69, 9.17) is 16.0 Å². The van der Waals surface area contributed by atoms with Crippen LogP contribution in [0.4, 0.5) is 0 Å². The van der Waals surface area contributed by atoms with Crippen molar-refractivity contribution in [1.82, 2.24) is 4.90 Å². The molecule has 0 unspecified atom stereocenters. The molecule has 0 aliphatic carbocycles. The van der Waals surface area contributed by atoms with Crippen molar-refractivity contribution in [2.75, 3.05) is 13.6 Å². The molecule has 0 atom stereocenters. The third kappa shape index (κ3) is 3.08. The zero-order valence-corrected chi connectivity index (χ0v) is 11.9. The molecule has 1 heterocycles. The van der Waals surface area contributed by atoms with Crippen LogP contribution in [-0.4, -0.2) is 35.1 Å². The summed E-state index contributed by atoms with van der Waals surface area (Å²) in [5, 5.41) is 11.0. The summed E-state index contributed by atoms with van der Waals surface area (Å²) in [6.45, 7) is 3.51. The number of halogens is 1. The molecule has 1 N–H and O–H groups in total. The quantitative estimate of drug-likeness (QED) is 0.941. The summed E-state index contributed by atoms with van der Waals surface area (Å²) in [6, 6.07) is 7.00. The van der Waals surface area contributed by atoms with Gasteiger partial charge in [-0.2, -0.15) is 0 Å².